The number of carbonyl (C=O) groups excluding carboxylic acids is 1. The summed E-state index contributed by atoms with van der Waals surface area (Å²) in [6.45, 7) is 4.12. The van der Waals surface area contributed by atoms with Crippen molar-refractivity contribution in [2.24, 2.45) is 0 Å². The van der Waals surface area contributed by atoms with E-state index in [4.69, 9.17) is 20.8 Å². The maximum absolute atomic E-state index is 12.0. The van der Waals surface area contributed by atoms with Crippen LogP contribution in [0.5, 0.6) is 5.75 Å². The summed E-state index contributed by atoms with van der Waals surface area (Å²) in [6.07, 6.45) is 3.37. The van der Waals surface area contributed by atoms with Crippen molar-refractivity contribution in [1.29, 1.82) is 0 Å². The lowest BCUT2D eigenvalue weighted by atomic mass is 10.3. The van der Waals surface area contributed by atoms with Gasteiger partial charge < -0.3 is 14.5 Å². The minimum absolute atomic E-state index is 0.197. The number of furan rings is 1. The molecule has 3 aromatic rings. The minimum Gasteiger partial charge on any atom is -0.497 e. The predicted octanol–water partition coefficient (Wildman–Crippen LogP) is 3.69. The maximum atomic E-state index is 12.0. The zero-order chi connectivity index (χ0) is 19.9. The van der Waals surface area contributed by atoms with Crippen LogP contribution >= 0.6 is 23.4 Å². The van der Waals surface area contributed by atoms with Gasteiger partial charge in [-0.3, -0.25) is 9.36 Å². The fraction of sp³-hybridized carbons (Fsp3) is 0.211. The van der Waals surface area contributed by atoms with E-state index < -0.39 is 0 Å². The number of amides is 1. The number of carbonyl (C=O) groups is 1. The van der Waals surface area contributed by atoms with Crippen LogP contribution in [0.25, 0.3) is 5.69 Å². The number of hydrogen-bond acceptors (Lipinski definition) is 6. The highest BCUT2D eigenvalue weighted by atomic mass is 35.5. The summed E-state index contributed by atoms with van der Waals surface area (Å²) in [6, 6.07) is 9.21. The van der Waals surface area contributed by atoms with Gasteiger partial charge in [-0.05, 0) is 30.3 Å². The van der Waals surface area contributed by atoms with Crippen molar-refractivity contribution in [3.8, 4) is 11.4 Å². The Morgan fingerprint density at radius 2 is 2.11 bits per heavy atom. The molecule has 0 aliphatic carbocycles. The quantitative estimate of drug-likeness (QED) is 0.534. The van der Waals surface area contributed by atoms with Gasteiger partial charge >= 0.3 is 0 Å². The Bertz CT molecular complexity index is 939. The first-order valence-corrected chi connectivity index (χ1v) is 9.80. The summed E-state index contributed by atoms with van der Waals surface area (Å²) in [5.74, 6) is 1.80. The average molecular weight is 419 g/mol. The Kier molecular flexibility index (Phi) is 6.78. The number of nitrogens with zero attached hydrogens (tertiary/aromatic N) is 3. The van der Waals surface area contributed by atoms with Gasteiger partial charge in [0.2, 0.25) is 0 Å². The van der Waals surface area contributed by atoms with Crippen molar-refractivity contribution < 1.29 is 13.9 Å². The fourth-order valence-corrected chi connectivity index (χ4v) is 3.36. The van der Waals surface area contributed by atoms with E-state index in [0.717, 1.165) is 17.3 Å². The first-order valence-electron chi connectivity index (χ1n) is 8.43. The van der Waals surface area contributed by atoms with Gasteiger partial charge in [-0.2, -0.15) is 0 Å². The highest BCUT2D eigenvalue weighted by Gasteiger charge is 2.15. The standard InChI is InChI=1S/C19H19ClN4O3S/c1-13(20)12-28-19-23-22-17(7-9-21-18(25)14-8-10-27-11-14)24(19)15-3-5-16(26-2)6-4-15/h3-6,8,10-11H,1,7,9,12H2,2H3,(H,21,25). The van der Waals surface area contributed by atoms with Crippen LogP contribution in [0.2, 0.25) is 0 Å². The van der Waals surface area contributed by atoms with Crippen LogP contribution in [0.3, 0.4) is 0 Å². The van der Waals surface area contributed by atoms with Crippen LogP contribution in [-0.2, 0) is 6.42 Å². The molecule has 1 aromatic carbocycles. The molecule has 28 heavy (non-hydrogen) atoms. The monoisotopic (exact) mass is 418 g/mol. The normalized spacial score (nSPS) is 10.6. The molecule has 0 bridgehead atoms. The Hall–Kier alpha value is -2.71. The number of aromatic nitrogens is 3. The van der Waals surface area contributed by atoms with E-state index >= 15 is 0 Å². The summed E-state index contributed by atoms with van der Waals surface area (Å²) in [5.41, 5.74) is 1.37. The molecule has 9 heteroatoms. The molecular formula is C19H19ClN4O3S. The average Bonchev–Trinajstić information content (AvgIpc) is 3.36. The molecule has 0 atom stereocenters. The molecule has 1 N–H and O–H groups in total. The number of ether oxygens (including phenoxy) is 1. The Labute approximate surface area is 171 Å². The largest absolute Gasteiger partial charge is 0.497 e. The molecule has 0 aliphatic heterocycles. The van der Waals surface area contributed by atoms with E-state index in [2.05, 4.69) is 22.1 Å². The molecule has 0 aliphatic rings. The van der Waals surface area contributed by atoms with Crippen LogP contribution in [0, 0.1) is 0 Å². The Morgan fingerprint density at radius 3 is 2.75 bits per heavy atom. The smallest absolute Gasteiger partial charge is 0.254 e. The third-order valence-electron chi connectivity index (χ3n) is 3.81. The molecule has 0 saturated carbocycles. The van der Waals surface area contributed by atoms with Crippen LogP contribution in [0.1, 0.15) is 16.2 Å². The van der Waals surface area contributed by atoms with E-state index in [-0.39, 0.29) is 5.91 Å². The Morgan fingerprint density at radius 1 is 1.32 bits per heavy atom. The van der Waals surface area contributed by atoms with Crippen LogP contribution in [0.15, 0.2) is 64.0 Å². The number of benzene rings is 1. The lowest BCUT2D eigenvalue weighted by Crippen LogP contribution is -2.26. The Balaban J connectivity index is 1.77. The van der Waals surface area contributed by atoms with Gasteiger partial charge in [0.25, 0.3) is 5.91 Å². The van der Waals surface area contributed by atoms with Gasteiger partial charge in [-0.25, -0.2) is 0 Å². The first kappa shape index (κ1) is 20.0. The fourth-order valence-electron chi connectivity index (χ4n) is 2.47. The van der Waals surface area contributed by atoms with Crippen LogP contribution in [0.4, 0.5) is 0 Å². The van der Waals surface area contributed by atoms with Crippen molar-refractivity contribution in [2.45, 2.75) is 11.6 Å². The summed E-state index contributed by atoms with van der Waals surface area (Å²) in [5, 5.41) is 12.6. The summed E-state index contributed by atoms with van der Waals surface area (Å²) in [7, 11) is 1.62. The molecular weight excluding hydrogens is 400 g/mol. The third kappa shape index (κ3) is 4.96. The van der Waals surface area contributed by atoms with Crippen molar-refractivity contribution in [2.75, 3.05) is 19.4 Å². The van der Waals surface area contributed by atoms with Gasteiger partial charge in [-0.1, -0.05) is 29.9 Å². The van der Waals surface area contributed by atoms with Crippen LogP contribution < -0.4 is 10.1 Å². The first-order chi connectivity index (χ1) is 13.6. The molecule has 0 radical (unpaired) electrons. The van der Waals surface area contributed by atoms with Gasteiger partial charge in [-0.15, -0.1) is 10.2 Å². The zero-order valence-electron chi connectivity index (χ0n) is 15.2. The zero-order valence-corrected chi connectivity index (χ0v) is 16.8. The third-order valence-corrected chi connectivity index (χ3v) is 5.11. The molecule has 0 fully saturated rings. The predicted molar refractivity (Wildman–Crippen MR) is 108 cm³/mol. The molecule has 7 nitrogen and oxygen atoms in total. The second-order valence-corrected chi connectivity index (χ2v) is 7.23. The molecule has 2 aromatic heterocycles. The van der Waals surface area contributed by atoms with Gasteiger partial charge in [0.1, 0.15) is 17.8 Å². The van der Waals surface area contributed by atoms with Gasteiger partial charge in [0.15, 0.2) is 5.16 Å². The molecule has 1 amide bonds. The van der Waals surface area contributed by atoms with Crippen LogP contribution in [-0.4, -0.2) is 40.1 Å². The van der Waals surface area contributed by atoms with Crippen molar-refractivity contribution in [3.63, 3.8) is 0 Å². The number of nitrogens with one attached hydrogen (secondary N) is 1. The van der Waals surface area contributed by atoms with Gasteiger partial charge in [0.05, 0.1) is 18.9 Å². The number of thioether (sulfide) groups is 1. The summed E-state index contributed by atoms with van der Waals surface area (Å²) in [4.78, 5) is 12.0. The van der Waals surface area contributed by atoms with Crippen molar-refractivity contribution >= 4 is 29.3 Å². The second-order valence-electron chi connectivity index (χ2n) is 5.76. The molecule has 0 saturated heterocycles. The van der Waals surface area contributed by atoms with E-state index in [1.165, 1.54) is 24.3 Å². The molecule has 146 valence electrons. The molecule has 0 unspecified atom stereocenters. The number of halogens is 1. The summed E-state index contributed by atoms with van der Waals surface area (Å²) < 4.78 is 12.1. The number of rotatable bonds is 9. The number of methoxy groups -OCH3 is 1. The highest BCUT2D eigenvalue weighted by molar-refractivity contribution is 7.99. The van der Waals surface area contributed by atoms with Gasteiger partial charge in [0, 0.05) is 29.4 Å². The van der Waals surface area contributed by atoms with E-state index in [1.807, 2.05) is 28.8 Å². The molecule has 0 spiro atoms. The molecule has 2 heterocycles. The van der Waals surface area contributed by atoms with Crippen molar-refractivity contribution in [1.82, 2.24) is 20.1 Å². The topological polar surface area (TPSA) is 82.2 Å². The van der Waals surface area contributed by atoms with E-state index in [1.54, 1.807) is 13.2 Å². The summed E-state index contributed by atoms with van der Waals surface area (Å²) >= 11 is 7.34. The minimum atomic E-state index is -0.197. The van der Waals surface area contributed by atoms with E-state index in [0.29, 0.717) is 34.5 Å². The lowest BCUT2D eigenvalue weighted by Gasteiger charge is -2.11. The maximum Gasteiger partial charge on any atom is 0.254 e. The van der Waals surface area contributed by atoms with Crippen molar-refractivity contribution in [3.05, 3.63) is 65.9 Å². The lowest BCUT2D eigenvalue weighted by molar-refractivity contribution is 0.0953. The van der Waals surface area contributed by atoms with E-state index in [9.17, 15) is 4.79 Å². The second kappa shape index (κ2) is 9.48. The highest BCUT2D eigenvalue weighted by Crippen LogP contribution is 2.25. The number of hydrogen-bond donors (Lipinski definition) is 1. The molecule has 3 rings (SSSR count). The SMILES string of the molecule is C=C(Cl)CSc1nnc(CCNC(=O)c2ccoc2)n1-c1ccc(OC)cc1.